The number of halogens is 1. The number of hydrogen-bond acceptors (Lipinski definition) is 3. The highest BCUT2D eigenvalue weighted by molar-refractivity contribution is 7.97. The molecule has 4 heteroatoms. The minimum absolute atomic E-state index is 0.449. The number of hydrogen-bond donors (Lipinski definition) is 0. The summed E-state index contributed by atoms with van der Waals surface area (Å²) in [6, 6.07) is 3.63. The maximum atomic E-state index is 5.53. The minimum Gasteiger partial charge on any atom is -0.159 e. The molecule has 0 aliphatic heterocycles. The van der Waals surface area contributed by atoms with Crippen molar-refractivity contribution in [2.24, 2.45) is 0 Å². The third-order valence-corrected chi connectivity index (χ3v) is 1.77. The van der Waals surface area contributed by atoms with Crippen molar-refractivity contribution in [3.05, 3.63) is 23.0 Å². The quantitative estimate of drug-likeness (QED) is 0.686. The summed E-state index contributed by atoms with van der Waals surface area (Å²) < 4.78 is 0. The molecule has 0 unspecified atom stereocenters. The van der Waals surface area contributed by atoms with Gasteiger partial charge in [0, 0.05) is 5.75 Å². The topological polar surface area (TPSA) is 25.8 Å². The zero-order valence-electron chi connectivity index (χ0n) is 5.54. The van der Waals surface area contributed by atoms with Crippen LogP contribution in [0.4, 0.5) is 0 Å². The van der Waals surface area contributed by atoms with E-state index in [-0.39, 0.29) is 0 Å². The predicted molar refractivity (Wildman–Crippen MR) is 44.3 cm³/mol. The molecular weight excluding hydrogens is 168 g/mol. The first kappa shape index (κ1) is 7.82. The fraction of sp³-hybridized carbons (Fsp3) is 0.333. The van der Waals surface area contributed by atoms with Gasteiger partial charge in [-0.3, -0.25) is 0 Å². The molecule has 1 rings (SSSR count). The first-order valence-corrected chi connectivity index (χ1v) is 4.57. The van der Waals surface area contributed by atoms with Crippen molar-refractivity contribution in [2.75, 3.05) is 6.26 Å². The SMILES string of the molecule is CSCc1ccc(Cl)nn1. The van der Waals surface area contributed by atoms with Gasteiger partial charge in [-0.05, 0) is 18.4 Å². The van der Waals surface area contributed by atoms with Crippen LogP contribution in [0.1, 0.15) is 5.69 Å². The van der Waals surface area contributed by atoms with E-state index in [1.54, 1.807) is 17.8 Å². The Kier molecular flexibility index (Phi) is 2.96. The summed E-state index contributed by atoms with van der Waals surface area (Å²) >= 11 is 7.25. The van der Waals surface area contributed by atoms with Crippen LogP contribution < -0.4 is 0 Å². The smallest absolute Gasteiger partial charge is 0.151 e. The molecule has 0 saturated heterocycles. The lowest BCUT2D eigenvalue weighted by Crippen LogP contribution is -1.88. The van der Waals surface area contributed by atoms with Gasteiger partial charge in [0.15, 0.2) is 5.15 Å². The third kappa shape index (κ3) is 2.15. The molecule has 0 aliphatic rings. The second-order valence-corrected chi connectivity index (χ2v) is 3.03. The number of thioether (sulfide) groups is 1. The Hall–Kier alpha value is -0.280. The van der Waals surface area contributed by atoms with Crippen molar-refractivity contribution in [1.82, 2.24) is 10.2 Å². The van der Waals surface area contributed by atoms with E-state index < -0.39 is 0 Å². The first-order valence-electron chi connectivity index (χ1n) is 2.80. The largest absolute Gasteiger partial charge is 0.159 e. The Morgan fingerprint density at radius 2 is 2.30 bits per heavy atom. The normalized spacial score (nSPS) is 9.80. The molecule has 0 aliphatic carbocycles. The van der Waals surface area contributed by atoms with Crippen LogP contribution in [-0.2, 0) is 5.75 Å². The molecule has 0 fully saturated rings. The number of aromatic nitrogens is 2. The highest BCUT2D eigenvalue weighted by atomic mass is 35.5. The van der Waals surface area contributed by atoms with E-state index in [4.69, 9.17) is 11.6 Å². The Balaban J connectivity index is 2.69. The molecule has 0 N–H and O–H groups in total. The molecule has 0 spiro atoms. The molecular formula is C6H7ClN2S. The molecule has 0 amide bonds. The second kappa shape index (κ2) is 3.78. The summed E-state index contributed by atoms with van der Waals surface area (Å²) in [6.07, 6.45) is 2.02. The lowest BCUT2D eigenvalue weighted by molar-refractivity contribution is 0.972. The number of nitrogens with zero attached hydrogens (tertiary/aromatic N) is 2. The highest BCUT2D eigenvalue weighted by Crippen LogP contribution is 2.07. The molecule has 1 heterocycles. The molecule has 10 heavy (non-hydrogen) atoms. The predicted octanol–water partition coefficient (Wildman–Crippen LogP) is 1.99. The Morgan fingerprint density at radius 3 is 2.80 bits per heavy atom. The Labute approximate surface area is 69.0 Å². The van der Waals surface area contributed by atoms with E-state index in [1.807, 2.05) is 12.3 Å². The van der Waals surface area contributed by atoms with Crippen molar-refractivity contribution in [2.45, 2.75) is 5.75 Å². The average Bonchev–Trinajstić information content (AvgIpc) is 1.95. The first-order chi connectivity index (χ1) is 4.83. The molecule has 1 aromatic heterocycles. The zero-order valence-corrected chi connectivity index (χ0v) is 7.11. The molecule has 54 valence electrons. The van der Waals surface area contributed by atoms with Crippen molar-refractivity contribution >= 4 is 23.4 Å². The lowest BCUT2D eigenvalue weighted by Gasteiger charge is -1.93. The van der Waals surface area contributed by atoms with Crippen molar-refractivity contribution in [3.63, 3.8) is 0 Å². The van der Waals surface area contributed by atoms with Gasteiger partial charge in [0.2, 0.25) is 0 Å². The maximum absolute atomic E-state index is 5.53. The van der Waals surface area contributed by atoms with Crippen molar-refractivity contribution in [1.29, 1.82) is 0 Å². The zero-order chi connectivity index (χ0) is 7.40. The lowest BCUT2D eigenvalue weighted by atomic mass is 10.4. The van der Waals surface area contributed by atoms with Crippen LogP contribution in [0.15, 0.2) is 12.1 Å². The maximum Gasteiger partial charge on any atom is 0.151 e. The van der Waals surface area contributed by atoms with Crippen LogP contribution in [0.3, 0.4) is 0 Å². The second-order valence-electron chi connectivity index (χ2n) is 1.78. The van der Waals surface area contributed by atoms with Gasteiger partial charge < -0.3 is 0 Å². The van der Waals surface area contributed by atoms with Gasteiger partial charge in [0.25, 0.3) is 0 Å². The summed E-state index contributed by atoms with van der Waals surface area (Å²) in [6.45, 7) is 0. The molecule has 1 aromatic rings. The summed E-state index contributed by atoms with van der Waals surface area (Å²) in [5, 5.41) is 8.01. The van der Waals surface area contributed by atoms with Crippen LogP contribution in [-0.4, -0.2) is 16.5 Å². The summed E-state index contributed by atoms with van der Waals surface area (Å²) in [4.78, 5) is 0. The van der Waals surface area contributed by atoms with Crippen LogP contribution >= 0.6 is 23.4 Å². The minimum atomic E-state index is 0.449. The van der Waals surface area contributed by atoms with Gasteiger partial charge in [-0.1, -0.05) is 11.6 Å². The molecule has 0 aromatic carbocycles. The van der Waals surface area contributed by atoms with E-state index in [1.165, 1.54) is 0 Å². The van der Waals surface area contributed by atoms with Gasteiger partial charge in [-0.2, -0.15) is 16.9 Å². The van der Waals surface area contributed by atoms with E-state index in [9.17, 15) is 0 Å². The van der Waals surface area contributed by atoms with Gasteiger partial charge in [0.05, 0.1) is 5.69 Å². The highest BCUT2D eigenvalue weighted by Gasteiger charge is 1.92. The Morgan fingerprint density at radius 1 is 1.50 bits per heavy atom. The van der Waals surface area contributed by atoms with Gasteiger partial charge >= 0.3 is 0 Å². The van der Waals surface area contributed by atoms with E-state index in [0.29, 0.717) is 5.15 Å². The Bertz CT molecular complexity index is 199. The van der Waals surface area contributed by atoms with Crippen LogP contribution in [0, 0.1) is 0 Å². The van der Waals surface area contributed by atoms with Gasteiger partial charge in [0.1, 0.15) is 0 Å². The third-order valence-electron chi connectivity index (χ3n) is 0.979. The summed E-state index contributed by atoms with van der Waals surface area (Å²) in [5.41, 5.74) is 0.969. The van der Waals surface area contributed by atoms with Crippen LogP contribution in [0.5, 0.6) is 0 Å². The fourth-order valence-corrected chi connectivity index (χ4v) is 1.12. The molecule has 0 saturated carbocycles. The summed E-state index contributed by atoms with van der Waals surface area (Å²) in [5.74, 6) is 0.893. The fourth-order valence-electron chi connectivity index (χ4n) is 0.568. The van der Waals surface area contributed by atoms with Crippen LogP contribution in [0.25, 0.3) is 0 Å². The van der Waals surface area contributed by atoms with E-state index in [2.05, 4.69) is 10.2 Å². The molecule has 0 radical (unpaired) electrons. The van der Waals surface area contributed by atoms with E-state index >= 15 is 0 Å². The molecule has 2 nitrogen and oxygen atoms in total. The number of rotatable bonds is 2. The van der Waals surface area contributed by atoms with Crippen LogP contribution in [0.2, 0.25) is 5.15 Å². The summed E-state index contributed by atoms with van der Waals surface area (Å²) in [7, 11) is 0. The van der Waals surface area contributed by atoms with Crippen molar-refractivity contribution < 1.29 is 0 Å². The van der Waals surface area contributed by atoms with Gasteiger partial charge in [-0.15, -0.1) is 5.10 Å². The van der Waals surface area contributed by atoms with Crippen molar-refractivity contribution in [3.8, 4) is 0 Å². The average molecular weight is 175 g/mol. The van der Waals surface area contributed by atoms with E-state index in [0.717, 1.165) is 11.4 Å². The molecule has 0 bridgehead atoms. The van der Waals surface area contributed by atoms with Gasteiger partial charge in [-0.25, -0.2) is 0 Å². The standard InChI is InChI=1S/C6H7ClN2S/c1-10-4-5-2-3-6(7)9-8-5/h2-3H,4H2,1H3. The monoisotopic (exact) mass is 174 g/mol. The molecule has 0 atom stereocenters.